The molecule has 1 aromatic rings. The van der Waals surface area contributed by atoms with Gasteiger partial charge in [-0.1, -0.05) is 52.6 Å². The highest BCUT2D eigenvalue weighted by Gasteiger charge is 2.27. The zero-order chi connectivity index (χ0) is 19.8. The summed E-state index contributed by atoms with van der Waals surface area (Å²) in [4.78, 5) is 12.5. The van der Waals surface area contributed by atoms with Crippen LogP contribution in [0, 0.1) is 0 Å². The molecule has 5 nitrogen and oxygen atoms in total. The van der Waals surface area contributed by atoms with Crippen LogP contribution in [0.1, 0.15) is 56.9 Å². The van der Waals surface area contributed by atoms with E-state index in [1.165, 1.54) is 18.6 Å². The second kappa shape index (κ2) is 10.9. The molecule has 2 fully saturated rings. The fourth-order valence-corrected chi connectivity index (χ4v) is 8.42. The lowest BCUT2D eigenvalue weighted by Crippen LogP contribution is -2.36. The number of unbranched alkanes of at least 4 members (excludes halogenated alkanes) is 1. The van der Waals surface area contributed by atoms with Crippen LogP contribution in [-0.2, 0) is 21.4 Å². The number of nitrogens with zero attached hydrogens (tertiary/aromatic N) is 1. The molecular formula is C20H30N2O3S3. The fourth-order valence-electron chi connectivity index (χ4n) is 3.65. The van der Waals surface area contributed by atoms with Crippen LogP contribution in [0.25, 0.3) is 0 Å². The molecule has 0 bridgehead atoms. The topological polar surface area (TPSA) is 66.5 Å². The SMILES string of the molecule is O=C(CCCCC1CCSS1)NCc1ccccc1S(=O)(=O)N1CCCCC1. The summed E-state index contributed by atoms with van der Waals surface area (Å²) in [5, 5.41) is 3.66. The zero-order valence-electron chi connectivity index (χ0n) is 16.3. The van der Waals surface area contributed by atoms with Crippen LogP contribution in [0.2, 0.25) is 0 Å². The highest BCUT2D eigenvalue weighted by molar-refractivity contribution is 8.77. The van der Waals surface area contributed by atoms with Gasteiger partial charge in [0, 0.05) is 37.1 Å². The minimum Gasteiger partial charge on any atom is -0.352 e. The van der Waals surface area contributed by atoms with Gasteiger partial charge in [0.25, 0.3) is 0 Å². The third-order valence-corrected chi connectivity index (χ3v) is 10.3. The van der Waals surface area contributed by atoms with Crippen LogP contribution < -0.4 is 5.32 Å². The van der Waals surface area contributed by atoms with Crippen LogP contribution in [0.5, 0.6) is 0 Å². The van der Waals surface area contributed by atoms with E-state index < -0.39 is 10.0 Å². The van der Waals surface area contributed by atoms with Crippen LogP contribution in [0.4, 0.5) is 0 Å². The Hall–Kier alpha value is -0.700. The molecule has 1 unspecified atom stereocenters. The largest absolute Gasteiger partial charge is 0.352 e. The lowest BCUT2D eigenvalue weighted by Gasteiger charge is -2.26. The first-order valence-electron chi connectivity index (χ1n) is 10.2. The average molecular weight is 443 g/mol. The summed E-state index contributed by atoms with van der Waals surface area (Å²) >= 11 is 0. The number of amides is 1. The van der Waals surface area contributed by atoms with Gasteiger partial charge in [-0.25, -0.2) is 8.42 Å². The molecule has 3 rings (SSSR count). The Kier molecular flexibility index (Phi) is 8.56. The first-order chi connectivity index (χ1) is 13.6. The van der Waals surface area contributed by atoms with Gasteiger partial charge in [0.15, 0.2) is 0 Å². The van der Waals surface area contributed by atoms with Crippen LogP contribution in [-0.4, -0.2) is 42.7 Å². The number of rotatable bonds is 9. The van der Waals surface area contributed by atoms with Gasteiger partial charge in [0.05, 0.1) is 4.90 Å². The Morgan fingerprint density at radius 1 is 1.14 bits per heavy atom. The average Bonchev–Trinajstić information content (AvgIpc) is 3.24. The molecule has 0 aliphatic carbocycles. The number of nitrogens with one attached hydrogen (secondary N) is 1. The van der Waals surface area contributed by atoms with Crippen molar-refractivity contribution in [1.82, 2.24) is 9.62 Å². The van der Waals surface area contributed by atoms with Gasteiger partial charge < -0.3 is 5.32 Å². The minimum atomic E-state index is -3.49. The van der Waals surface area contributed by atoms with Crippen LogP contribution >= 0.6 is 21.6 Å². The smallest absolute Gasteiger partial charge is 0.243 e. The first kappa shape index (κ1) is 22.0. The molecule has 0 saturated carbocycles. The summed E-state index contributed by atoms with van der Waals surface area (Å²) in [5.41, 5.74) is 0.667. The number of hydrogen-bond acceptors (Lipinski definition) is 5. The highest BCUT2D eigenvalue weighted by Crippen LogP contribution is 2.39. The first-order valence-corrected chi connectivity index (χ1v) is 14.0. The normalized spacial score (nSPS) is 20.9. The Morgan fingerprint density at radius 2 is 1.93 bits per heavy atom. The molecule has 1 amide bonds. The van der Waals surface area contributed by atoms with Gasteiger partial charge in [-0.3, -0.25) is 4.79 Å². The van der Waals surface area contributed by atoms with Crippen LogP contribution in [0.15, 0.2) is 29.2 Å². The van der Waals surface area contributed by atoms with E-state index in [1.807, 2.05) is 27.7 Å². The molecule has 1 N–H and O–H groups in total. The molecule has 2 aliphatic heterocycles. The quantitative estimate of drug-likeness (QED) is 0.459. The summed E-state index contributed by atoms with van der Waals surface area (Å²) < 4.78 is 27.6. The molecule has 28 heavy (non-hydrogen) atoms. The van der Waals surface area contributed by atoms with E-state index in [4.69, 9.17) is 0 Å². The van der Waals surface area contributed by atoms with Gasteiger partial charge in [0.1, 0.15) is 0 Å². The fraction of sp³-hybridized carbons (Fsp3) is 0.650. The molecule has 0 aromatic heterocycles. The molecule has 1 aromatic carbocycles. The maximum absolute atomic E-state index is 13.0. The van der Waals surface area contributed by atoms with Gasteiger partial charge in [-0.2, -0.15) is 4.31 Å². The van der Waals surface area contributed by atoms with Gasteiger partial charge in [-0.15, -0.1) is 0 Å². The number of benzene rings is 1. The van der Waals surface area contributed by atoms with Crippen molar-refractivity contribution >= 4 is 37.5 Å². The Balaban J connectivity index is 1.49. The molecular weight excluding hydrogens is 412 g/mol. The summed E-state index contributed by atoms with van der Waals surface area (Å²) in [7, 11) is 0.437. The Labute approximate surface area is 176 Å². The van der Waals surface area contributed by atoms with Crippen molar-refractivity contribution in [3.63, 3.8) is 0 Å². The number of carbonyl (C=O) groups excluding carboxylic acids is 1. The monoisotopic (exact) mass is 442 g/mol. The molecule has 2 saturated heterocycles. The standard InChI is InChI=1S/C20H30N2O3S3/c23-20(11-5-3-9-18-12-15-26-27-18)21-16-17-8-2-4-10-19(17)28(24,25)22-13-6-1-7-14-22/h2,4,8,10,18H,1,3,5-7,9,11-16H2,(H,21,23). The Bertz CT molecular complexity index is 743. The van der Waals surface area contributed by atoms with Crippen molar-refractivity contribution < 1.29 is 13.2 Å². The van der Waals surface area contributed by atoms with Crippen molar-refractivity contribution in [3.8, 4) is 0 Å². The molecule has 0 radical (unpaired) electrons. The van der Waals surface area contributed by atoms with Crippen molar-refractivity contribution in [2.24, 2.45) is 0 Å². The predicted octanol–water partition coefficient (Wildman–Crippen LogP) is 4.19. The summed E-state index contributed by atoms with van der Waals surface area (Å²) in [6.07, 6.45) is 7.85. The van der Waals surface area contributed by atoms with E-state index in [2.05, 4.69) is 5.32 Å². The zero-order valence-corrected chi connectivity index (χ0v) is 18.7. The number of carbonyl (C=O) groups is 1. The summed E-state index contributed by atoms with van der Waals surface area (Å²) in [5.74, 6) is 1.24. The van der Waals surface area contributed by atoms with Crippen LogP contribution in [0.3, 0.4) is 0 Å². The molecule has 156 valence electrons. The van der Waals surface area contributed by atoms with E-state index in [1.54, 1.807) is 22.5 Å². The maximum Gasteiger partial charge on any atom is 0.243 e. The second-order valence-electron chi connectivity index (χ2n) is 7.42. The lowest BCUT2D eigenvalue weighted by atomic mass is 10.1. The van der Waals surface area contributed by atoms with Gasteiger partial charge >= 0.3 is 0 Å². The molecule has 1 atom stereocenters. The number of piperidine rings is 1. The van der Waals surface area contributed by atoms with Crippen molar-refractivity contribution in [2.45, 2.75) is 68.1 Å². The third-order valence-electron chi connectivity index (χ3n) is 5.29. The van der Waals surface area contributed by atoms with Gasteiger partial charge in [0.2, 0.25) is 15.9 Å². The minimum absolute atomic E-state index is 0.00127. The maximum atomic E-state index is 13.0. The van der Waals surface area contributed by atoms with Crippen molar-refractivity contribution in [2.75, 3.05) is 18.8 Å². The summed E-state index contributed by atoms with van der Waals surface area (Å²) in [6, 6.07) is 7.03. The molecule has 8 heteroatoms. The van der Waals surface area contributed by atoms with E-state index in [9.17, 15) is 13.2 Å². The predicted molar refractivity (Wildman–Crippen MR) is 118 cm³/mol. The number of sulfonamides is 1. The molecule has 0 spiro atoms. The Morgan fingerprint density at radius 3 is 2.68 bits per heavy atom. The summed E-state index contributed by atoms with van der Waals surface area (Å²) in [6.45, 7) is 1.43. The van der Waals surface area contributed by atoms with E-state index in [0.29, 0.717) is 30.0 Å². The van der Waals surface area contributed by atoms with E-state index in [0.717, 1.165) is 37.4 Å². The van der Waals surface area contributed by atoms with E-state index >= 15 is 0 Å². The third kappa shape index (κ3) is 6.15. The highest BCUT2D eigenvalue weighted by atomic mass is 33.1. The van der Waals surface area contributed by atoms with Crippen molar-refractivity contribution in [3.05, 3.63) is 29.8 Å². The lowest BCUT2D eigenvalue weighted by molar-refractivity contribution is -0.121. The van der Waals surface area contributed by atoms with Gasteiger partial charge in [-0.05, 0) is 43.7 Å². The molecule has 2 heterocycles. The second-order valence-corrected chi connectivity index (χ2v) is 12.1. The van der Waals surface area contributed by atoms with Crippen molar-refractivity contribution in [1.29, 1.82) is 0 Å². The van der Waals surface area contributed by atoms with E-state index in [-0.39, 0.29) is 12.5 Å². The number of hydrogen-bond donors (Lipinski definition) is 1. The molecule has 2 aliphatic rings.